The average molecular weight is 254 g/mol. The lowest BCUT2D eigenvalue weighted by atomic mass is 10.2. The van der Waals surface area contributed by atoms with E-state index >= 15 is 0 Å². The Morgan fingerprint density at radius 1 is 1.44 bits per heavy atom. The van der Waals surface area contributed by atoms with Gasteiger partial charge in [0.2, 0.25) is 11.8 Å². The maximum Gasteiger partial charge on any atom is 0.236 e. The molecule has 0 aliphatic heterocycles. The van der Waals surface area contributed by atoms with Gasteiger partial charge in [0.05, 0.1) is 12.6 Å². The van der Waals surface area contributed by atoms with Crippen LogP contribution >= 0.6 is 0 Å². The second-order valence-corrected chi connectivity index (χ2v) is 4.33. The Balaban J connectivity index is 2.19. The van der Waals surface area contributed by atoms with Crippen LogP contribution in [0.4, 0.5) is 0 Å². The number of hydrogen-bond donors (Lipinski definition) is 2. The van der Waals surface area contributed by atoms with Crippen LogP contribution in [-0.2, 0) is 11.3 Å². The molecule has 0 aromatic carbocycles. The van der Waals surface area contributed by atoms with E-state index in [0.29, 0.717) is 18.3 Å². The quantitative estimate of drug-likeness (QED) is 0.680. The Bertz CT molecular complexity index is 365. The summed E-state index contributed by atoms with van der Waals surface area (Å²) in [6.45, 7) is 6.86. The summed E-state index contributed by atoms with van der Waals surface area (Å²) in [5.41, 5.74) is 0. The average Bonchev–Trinajstić information content (AvgIpc) is 2.77. The lowest BCUT2D eigenvalue weighted by molar-refractivity contribution is -0.122. The second kappa shape index (κ2) is 7.81. The molecule has 0 bridgehead atoms. The van der Waals surface area contributed by atoms with Crippen LogP contribution < -0.4 is 10.6 Å². The van der Waals surface area contributed by atoms with Crippen molar-refractivity contribution in [3.63, 3.8) is 0 Å². The Morgan fingerprint density at radius 3 is 2.83 bits per heavy atom. The molecule has 18 heavy (non-hydrogen) atoms. The van der Waals surface area contributed by atoms with Crippen molar-refractivity contribution in [2.24, 2.45) is 0 Å². The Kier molecular flexibility index (Phi) is 6.35. The third-order valence-electron chi connectivity index (χ3n) is 2.61. The van der Waals surface area contributed by atoms with Gasteiger partial charge in [-0.3, -0.25) is 10.1 Å². The van der Waals surface area contributed by atoms with E-state index in [1.54, 1.807) is 6.92 Å². The number of rotatable bonds is 8. The van der Waals surface area contributed by atoms with Crippen molar-refractivity contribution in [3.05, 3.63) is 11.7 Å². The van der Waals surface area contributed by atoms with Gasteiger partial charge in [0.25, 0.3) is 0 Å². The highest BCUT2D eigenvalue weighted by molar-refractivity contribution is 5.81. The monoisotopic (exact) mass is 254 g/mol. The van der Waals surface area contributed by atoms with Crippen LogP contribution in [0.25, 0.3) is 0 Å². The van der Waals surface area contributed by atoms with Crippen molar-refractivity contribution in [2.45, 2.75) is 52.6 Å². The van der Waals surface area contributed by atoms with E-state index in [2.05, 4.69) is 27.7 Å². The topological polar surface area (TPSA) is 80.0 Å². The molecule has 1 unspecified atom stereocenters. The first kappa shape index (κ1) is 14.6. The molecule has 0 saturated heterocycles. The standard InChI is InChI=1S/C12H22N4O2/c1-4-5-6-7-13-12(17)9(2)14-8-11-15-10(3)18-16-11/h9,14H,4-8H2,1-3H3,(H,13,17). The maximum atomic E-state index is 11.7. The van der Waals surface area contributed by atoms with E-state index in [0.717, 1.165) is 25.8 Å². The fraction of sp³-hybridized carbons (Fsp3) is 0.750. The first-order valence-corrected chi connectivity index (χ1v) is 6.43. The zero-order valence-electron chi connectivity index (χ0n) is 11.3. The van der Waals surface area contributed by atoms with E-state index in [4.69, 9.17) is 4.52 Å². The normalized spacial score (nSPS) is 12.4. The summed E-state index contributed by atoms with van der Waals surface area (Å²) in [5, 5.41) is 9.70. The summed E-state index contributed by atoms with van der Waals surface area (Å²) < 4.78 is 4.85. The van der Waals surface area contributed by atoms with Crippen LogP contribution in [0.2, 0.25) is 0 Å². The number of aromatic nitrogens is 2. The van der Waals surface area contributed by atoms with Gasteiger partial charge in [-0.05, 0) is 13.3 Å². The Morgan fingerprint density at radius 2 is 2.22 bits per heavy atom. The molecule has 0 spiro atoms. The van der Waals surface area contributed by atoms with Crippen molar-refractivity contribution in [1.29, 1.82) is 0 Å². The van der Waals surface area contributed by atoms with Gasteiger partial charge in [-0.25, -0.2) is 0 Å². The van der Waals surface area contributed by atoms with Crippen molar-refractivity contribution >= 4 is 5.91 Å². The Hall–Kier alpha value is -1.43. The van der Waals surface area contributed by atoms with Gasteiger partial charge in [-0.15, -0.1) is 0 Å². The molecule has 1 atom stereocenters. The summed E-state index contributed by atoms with van der Waals surface area (Å²) >= 11 is 0. The number of amides is 1. The van der Waals surface area contributed by atoms with Gasteiger partial charge in [0, 0.05) is 13.5 Å². The highest BCUT2D eigenvalue weighted by Crippen LogP contribution is 1.95. The largest absolute Gasteiger partial charge is 0.355 e. The third kappa shape index (κ3) is 5.27. The molecule has 6 nitrogen and oxygen atoms in total. The number of nitrogens with one attached hydrogen (secondary N) is 2. The number of nitrogens with zero attached hydrogens (tertiary/aromatic N) is 2. The minimum absolute atomic E-state index is 0.00585. The van der Waals surface area contributed by atoms with E-state index in [1.807, 2.05) is 6.92 Å². The van der Waals surface area contributed by atoms with Crippen LogP contribution in [0.1, 0.15) is 44.8 Å². The highest BCUT2D eigenvalue weighted by Gasteiger charge is 2.12. The number of unbranched alkanes of at least 4 members (excludes halogenated alkanes) is 2. The van der Waals surface area contributed by atoms with Crippen molar-refractivity contribution in [2.75, 3.05) is 6.54 Å². The number of hydrogen-bond acceptors (Lipinski definition) is 5. The van der Waals surface area contributed by atoms with E-state index in [1.165, 1.54) is 0 Å². The van der Waals surface area contributed by atoms with Crippen LogP contribution in [0, 0.1) is 6.92 Å². The molecule has 1 aromatic rings. The summed E-state index contributed by atoms with van der Waals surface area (Å²) in [5.74, 6) is 1.10. The predicted octanol–water partition coefficient (Wildman–Crippen LogP) is 1.16. The molecule has 2 N–H and O–H groups in total. The molecule has 1 aromatic heterocycles. The molecule has 102 valence electrons. The second-order valence-electron chi connectivity index (χ2n) is 4.33. The summed E-state index contributed by atoms with van der Waals surface area (Å²) in [7, 11) is 0. The fourth-order valence-electron chi connectivity index (χ4n) is 1.49. The lowest BCUT2D eigenvalue weighted by Crippen LogP contribution is -2.42. The molecule has 1 heterocycles. The number of carbonyl (C=O) groups is 1. The summed E-state index contributed by atoms with van der Waals surface area (Å²) in [6, 6.07) is -0.259. The van der Waals surface area contributed by atoms with Crippen molar-refractivity contribution in [3.8, 4) is 0 Å². The smallest absolute Gasteiger partial charge is 0.236 e. The number of carbonyl (C=O) groups excluding carboxylic acids is 1. The zero-order valence-corrected chi connectivity index (χ0v) is 11.3. The van der Waals surface area contributed by atoms with Crippen molar-refractivity contribution < 1.29 is 9.32 Å². The van der Waals surface area contributed by atoms with E-state index in [9.17, 15) is 4.79 Å². The highest BCUT2D eigenvalue weighted by atomic mass is 16.5. The van der Waals surface area contributed by atoms with Crippen molar-refractivity contribution in [1.82, 2.24) is 20.8 Å². The molecule has 0 aliphatic carbocycles. The molecule has 6 heteroatoms. The van der Waals surface area contributed by atoms with Crippen LogP contribution in [0.15, 0.2) is 4.52 Å². The Labute approximate surface area is 108 Å². The fourth-order valence-corrected chi connectivity index (χ4v) is 1.49. The molecule has 0 aliphatic rings. The molecule has 1 rings (SSSR count). The van der Waals surface area contributed by atoms with Gasteiger partial charge in [-0.2, -0.15) is 4.98 Å². The number of aryl methyl sites for hydroxylation is 1. The first-order valence-electron chi connectivity index (χ1n) is 6.43. The molecule has 0 saturated carbocycles. The lowest BCUT2D eigenvalue weighted by Gasteiger charge is -2.12. The molecular formula is C12H22N4O2. The van der Waals surface area contributed by atoms with Gasteiger partial charge < -0.3 is 9.84 Å². The maximum absolute atomic E-state index is 11.7. The predicted molar refractivity (Wildman–Crippen MR) is 67.9 cm³/mol. The van der Waals surface area contributed by atoms with Crippen LogP contribution in [-0.4, -0.2) is 28.6 Å². The van der Waals surface area contributed by atoms with E-state index in [-0.39, 0.29) is 11.9 Å². The SMILES string of the molecule is CCCCCNC(=O)C(C)NCc1noc(C)n1. The van der Waals surface area contributed by atoms with Gasteiger partial charge in [0.1, 0.15) is 0 Å². The van der Waals surface area contributed by atoms with Gasteiger partial charge in [0.15, 0.2) is 5.82 Å². The molecular weight excluding hydrogens is 232 g/mol. The minimum Gasteiger partial charge on any atom is -0.355 e. The molecule has 0 radical (unpaired) electrons. The molecule has 0 fully saturated rings. The van der Waals surface area contributed by atoms with E-state index < -0.39 is 0 Å². The van der Waals surface area contributed by atoms with Crippen LogP contribution in [0.5, 0.6) is 0 Å². The summed E-state index contributed by atoms with van der Waals surface area (Å²) in [4.78, 5) is 15.8. The summed E-state index contributed by atoms with van der Waals surface area (Å²) in [6.07, 6.45) is 3.32. The first-order chi connectivity index (χ1) is 8.63. The van der Waals surface area contributed by atoms with Gasteiger partial charge >= 0.3 is 0 Å². The zero-order chi connectivity index (χ0) is 13.4. The third-order valence-corrected chi connectivity index (χ3v) is 2.61. The minimum atomic E-state index is -0.259. The van der Waals surface area contributed by atoms with Crippen LogP contribution in [0.3, 0.4) is 0 Å². The molecule has 1 amide bonds. The van der Waals surface area contributed by atoms with Gasteiger partial charge in [-0.1, -0.05) is 24.9 Å².